The van der Waals surface area contributed by atoms with Crippen LogP contribution in [0.4, 0.5) is 0 Å². The van der Waals surface area contributed by atoms with Crippen molar-refractivity contribution in [2.75, 3.05) is 20.8 Å². The lowest BCUT2D eigenvalue weighted by atomic mass is 10.1. The van der Waals surface area contributed by atoms with Crippen LogP contribution in [0.1, 0.15) is 22.8 Å². The lowest BCUT2D eigenvalue weighted by Crippen LogP contribution is -2.48. The number of carbonyl (C=O) groups is 4. The molecule has 0 radical (unpaired) electrons. The van der Waals surface area contributed by atoms with Crippen molar-refractivity contribution in [3.05, 3.63) is 77.9 Å². The molecule has 10 heteroatoms. The maximum absolute atomic E-state index is 12.6. The first-order valence-corrected chi connectivity index (χ1v) is 11.2. The molecule has 1 heterocycles. The second-order valence-corrected chi connectivity index (χ2v) is 7.72. The van der Waals surface area contributed by atoms with E-state index in [1.54, 1.807) is 48.5 Å². The number of hydrogen-bond acceptors (Lipinski definition) is 10. The Hall–Kier alpha value is -4.60. The largest absolute Gasteiger partial charge is 0.493 e. The van der Waals surface area contributed by atoms with Gasteiger partial charge in [0.15, 0.2) is 29.8 Å². The SMILES string of the molecule is COc1ccc(/C=C/C(=O)O[C@@H]2C=CC(=O)O[C@@H]2[C@@H](COC(=O)c2ccccc2)OC(C)=O)cc1OC. The molecule has 0 amide bonds. The van der Waals surface area contributed by atoms with E-state index < -0.39 is 48.8 Å². The van der Waals surface area contributed by atoms with Crippen molar-refractivity contribution >= 4 is 30.0 Å². The Bertz CT molecular complexity index is 1180. The Labute approximate surface area is 213 Å². The zero-order valence-corrected chi connectivity index (χ0v) is 20.4. The van der Waals surface area contributed by atoms with Crippen molar-refractivity contribution in [2.45, 2.75) is 25.2 Å². The summed E-state index contributed by atoms with van der Waals surface area (Å²) < 4.78 is 31.7. The van der Waals surface area contributed by atoms with Gasteiger partial charge in [-0.2, -0.15) is 0 Å². The standard InChI is InChI=1S/C27H26O10/c1-17(28)35-23(16-34-27(31)19-7-5-4-6-8-19)26-21(12-14-25(30)37-26)36-24(29)13-10-18-9-11-20(32-2)22(15-18)33-3/h4-15,21,23,26H,16H2,1-3H3/b13-10+/t21-,23-,26+/m1/s1. The molecule has 0 bridgehead atoms. The van der Waals surface area contributed by atoms with Crippen LogP contribution in [0.15, 0.2) is 66.8 Å². The summed E-state index contributed by atoms with van der Waals surface area (Å²) in [6.45, 7) is 0.716. The van der Waals surface area contributed by atoms with Crippen molar-refractivity contribution in [1.29, 1.82) is 0 Å². The first kappa shape index (κ1) is 27.0. The third-order valence-corrected chi connectivity index (χ3v) is 5.14. The molecule has 2 aromatic rings. The Morgan fingerprint density at radius 1 is 1.03 bits per heavy atom. The van der Waals surface area contributed by atoms with Gasteiger partial charge in [-0.05, 0) is 42.0 Å². The molecule has 0 saturated heterocycles. The lowest BCUT2D eigenvalue weighted by Gasteiger charge is -2.32. The second kappa shape index (κ2) is 12.9. The Balaban J connectivity index is 1.72. The van der Waals surface area contributed by atoms with Crippen molar-refractivity contribution in [3.8, 4) is 11.5 Å². The van der Waals surface area contributed by atoms with Gasteiger partial charge in [0.25, 0.3) is 0 Å². The Kier molecular flexibility index (Phi) is 9.42. The molecule has 0 unspecified atom stereocenters. The number of benzene rings is 2. The van der Waals surface area contributed by atoms with E-state index in [0.717, 1.165) is 13.0 Å². The molecule has 37 heavy (non-hydrogen) atoms. The van der Waals surface area contributed by atoms with Crippen LogP contribution in [0, 0.1) is 0 Å². The molecule has 194 valence electrons. The first-order valence-electron chi connectivity index (χ1n) is 11.2. The molecule has 0 aliphatic carbocycles. The van der Waals surface area contributed by atoms with E-state index in [9.17, 15) is 19.2 Å². The molecule has 0 aromatic heterocycles. The highest BCUT2D eigenvalue weighted by Crippen LogP contribution is 2.28. The molecule has 2 aromatic carbocycles. The predicted octanol–water partition coefficient (Wildman–Crippen LogP) is 2.90. The fourth-order valence-electron chi connectivity index (χ4n) is 3.44. The minimum absolute atomic E-state index is 0.285. The summed E-state index contributed by atoms with van der Waals surface area (Å²) in [5.41, 5.74) is 0.926. The molecule has 3 rings (SSSR count). The maximum atomic E-state index is 12.6. The van der Waals surface area contributed by atoms with Crippen LogP contribution in [-0.2, 0) is 33.3 Å². The number of carbonyl (C=O) groups excluding carboxylic acids is 4. The number of hydrogen-bond donors (Lipinski definition) is 0. The van der Waals surface area contributed by atoms with Crippen LogP contribution in [-0.4, -0.2) is 63.0 Å². The summed E-state index contributed by atoms with van der Waals surface area (Å²) in [7, 11) is 3.00. The van der Waals surface area contributed by atoms with Crippen LogP contribution >= 0.6 is 0 Å². The highest BCUT2D eigenvalue weighted by Gasteiger charge is 2.39. The molecule has 3 atom stereocenters. The van der Waals surface area contributed by atoms with Gasteiger partial charge < -0.3 is 28.4 Å². The van der Waals surface area contributed by atoms with E-state index in [0.29, 0.717) is 17.1 Å². The average Bonchev–Trinajstić information content (AvgIpc) is 2.90. The summed E-state index contributed by atoms with van der Waals surface area (Å²) in [6, 6.07) is 13.3. The van der Waals surface area contributed by atoms with Crippen molar-refractivity contribution in [3.63, 3.8) is 0 Å². The third kappa shape index (κ3) is 7.69. The second-order valence-electron chi connectivity index (χ2n) is 7.72. The smallest absolute Gasteiger partial charge is 0.338 e. The van der Waals surface area contributed by atoms with E-state index >= 15 is 0 Å². The minimum Gasteiger partial charge on any atom is -0.493 e. The van der Waals surface area contributed by atoms with Gasteiger partial charge >= 0.3 is 23.9 Å². The van der Waals surface area contributed by atoms with Gasteiger partial charge in [-0.3, -0.25) is 4.79 Å². The minimum atomic E-state index is -1.25. The Morgan fingerprint density at radius 2 is 1.76 bits per heavy atom. The van der Waals surface area contributed by atoms with Gasteiger partial charge in [-0.1, -0.05) is 24.3 Å². The molecule has 1 aliphatic rings. The highest BCUT2D eigenvalue weighted by molar-refractivity contribution is 5.89. The van der Waals surface area contributed by atoms with Crippen LogP contribution in [0.2, 0.25) is 0 Å². The average molecular weight is 510 g/mol. The molecule has 0 spiro atoms. The van der Waals surface area contributed by atoms with Crippen LogP contribution in [0.25, 0.3) is 6.08 Å². The summed E-state index contributed by atoms with van der Waals surface area (Å²) in [5, 5.41) is 0. The molecule has 0 fully saturated rings. The van der Waals surface area contributed by atoms with Gasteiger partial charge in [-0.25, -0.2) is 14.4 Å². The quantitative estimate of drug-likeness (QED) is 0.268. The topological polar surface area (TPSA) is 124 Å². The molecule has 0 N–H and O–H groups in total. The normalized spacial score (nSPS) is 17.4. The van der Waals surface area contributed by atoms with Gasteiger partial charge in [0.05, 0.1) is 19.8 Å². The maximum Gasteiger partial charge on any atom is 0.338 e. The summed E-state index contributed by atoms with van der Waals surface area (Å²) in [4.78, 5) is 48.6. The highest BCUT2D eigenvalue weighted by atomic mass is 16.6. The zero-order valence-electron chi connectivity index (χ0n) is 20.4. The van der Waals surface area contributed by atoms with Crippen molar-refractivity contribution in [2.24, 2.45) is 0 Å². The van der Waals surface area contributed by atoms with Crippen LogP contribution in [0.3, 0.4) is 0 Å². The fraction of sp³-hybridized carbons (Fsp3) is 0.259. The van der Waals surface area contributed by atoms with Crippen LogP contribution in [0.5, 0.6) is 11.5 Å². The van der Waals surface area contributed by atoms with Gasteiger partial charge in [-0.15, -0.1) is 0 Å². The summed E-state index contributed by atoms with van der Waals surface area (Å²) in [6.07, 6.45) is 1.50. The fourth-order valence-corrected chi connectivity index (χ4v) is 3.44. The molecule has 10 nitrogen and oxygen atoms in total. The van der Waals surface area contributed by atoms with E-state index in [4.69, 9.17) is 28.4 Å². The third-order valence-electron chi connectivity index (χ3n) is 5.14. The number of cyclic esters (lactones) is 1. The summed E-state index contributed by atoms with van der Waals surface area (Å²) in [5.74, 6) is -1.84. The molecular weight excluding hydrogens is 484 g/mol. The molecular formula is C27H26O10. The van der Waals surface area contributed by atoms with E-state index in [1.807, 2.05) is 0 Å². The van der Waals surface area contributed by atoms with Gasteiger partial charge in [0, 0.05) is 19.1 Å². The van der Waals surface area contributed by atoms with Crippen LogP contribution < -0.4 is 9.47 Å². The monoisotopic (exact) mass is 510 g/mol. The van der Waals surface area contributed by atoms with Crippen molar-refractivity contribution < 1.29 is 47.6 Å². The molecule has 1 aliphatic heterocycles. The number of rotatable bonds is 10. The predicted molar refractivity (Wildman–Crippen MR) is 130 cm³/mol. The number of esters is 4. The van der Waals surface area contributed by atoms with E-state index in [1.165, 1.54) is 32.4 Å². The lowest BCUT2D eigenvalue weighted by molar-refractivity contribution is -0.181. The summed E-state index contributed by atoms with van der Waals surface area (Å²) >= 11 is 0. The Morgan fingerprint density at radius 3 is 2.43 bits per heavy atom. The first-order chi connectivity index (χ1) is 17.8. The number of ether oxygens (including phenoxy) is 6. The number of methoxy groups -OCH3 is 2. The zero-order chi connectivity index (χ0) is 26.8. The van der Waals surface area contributed by atoms with E-state index in [-0.39, 0.29) is 5.56 Å². The van der Waals surface area contributed by atoms with Gasteiger partial charge in [0.1, 0.15) is 6.61 Å². The van der Waals surface area contributed by atoms with Gasteiger partial charge in [0.2, 0.25) is 0 Å². The van der Waals surface area contributed by atoms with E-state index in [2.05, 4.69) is 0 Å². The molecule has 0 saturated carbocycles. The van der Waals surface area contributed by atoms with Crippen molar-refractivity contribution in [1.82, 2.24) is 0 Å².